The van der Waals surface area contributed by atoms with Crippen molar-refractivity contribution in [2.24, 2.45) is 5.92 Å². The van der Waals surface area contributed by atoms with Crippen LogP contribution in [0.15, 0.2) is 121 Å². The Morgan fingerprint density at radius 3 is 2.21 bits per heavy atom. The molecule has 0 spiro atoms. The van der Waals surface area contributed by atoms with E-state index >= 15 is 0 Å². The molecular formula is C35H26N2O6. The zero-order valence-corrected chi connectivity index (χ0v) is 23.1. The van der Waals surface area contributed by atoms with Crippen molar-refractivity contribution in [1.29, 1.82) is 0 Å². The highest BCUT2D eigenvalue weighted by molar-refractivity contribution is 6.26. The van der Waals surface area contributed by atoms with Gasteiger partial charge in [0.05, 0.1) is 30.1 Å². The standard InChI is InChI=1S/C35H26N2O6/c1-41-29-21-24(19-20-28(29)42-35(40)23-12-4-2-5-13-23)31-30-32(43-37(31)25-15-6-3-7-16-25)34(39)36(33(30)38)27-18-10-14-22-11-8-9-17-26(22)27/h2-21,30-32H,1H3/t30-,31-,32-/m0/s1. The Hall–Kier alpha value is -5.47. The van der Waals surface area contributed by atoms with Crippen LogP contribution in [0.5, 0.6) is 11.5 Å². The number of imide groups is 1. The molecule has 5 aromatic carbocycles. The van der Waals surface area contributed by atoms with Crippen LogP contribution in [-0.2, 0) is 14.4 Å². The summed E-state index contributed by atoms with van der Waals surface area (Å²) in [6.07, 6.45) is -1.03. The van der Waals surface area contributed by atoms with Crippen molar-refractivity contribution >= 4 is 39.9 Å². The van der Waals surface area contributed by atoms with E-state index in [4.69, 9.17) is 14.3 Å². The summed E-state index contributed by atoms with van der Waals surface area (Å²) in [7, 11) is 1.48. The molecule has 8 heteroatoms. The Labute approximate surface area is 247 Å². The van der Waals surface area contributed by atoms with Gasteiger partial charge in [-0.25, -0.2) is 14.8 Å². The zero-order valence-electron chi connectivity index (χ0n) is 23.1. The number of nitrogens with zero attached hydrogens (tertiary/aromatic N) is 2. The van der Waals surface area contributed by atoms with E-state index in [0.717, 1.165) is 10.8 Å². The Morgan fingerprint density at radius 2 is 1.44 bits per heavy atom. The van der Waals surface area contributed by atoms with Gasteiger partial charge < -0.3 is 9.47 Å². The molecule has 212 valence electrons. The third kappa shape index (κ3) is 4.49. The second-order valence-corrected chi connectivity index (χ2v) is 10.3. The van der Waals surface area contributed by atoms with Crippen LogP contribution in [0.2, 0.25) is 0 Å². The van der Waals surface area contributed by atoms with Gasteiger partial charge in [0, 0.05) is 5.39 Å². The molecule has 0 saturated carbocycles. The number of benzene rings is 5. The lowest BCUT2D eigenvalue weighted by atomic mass is 9.90. The van der Waals surface area contributed by atoms with Crippen LogP contribution in [0.3, 0.4) is 0 Å². The molecule has 2 aliphatic heterocycles. The van der Waals surface area contributed by atoms with Crippen molar-refractivity contribution in [1.82, 2.24) is 0 Å². The van der Waals surface area contributed by atoms with E-state index < -0.39 is 29.9 Å². The van der Waals surface area contributed by atoms with Crippen molar-refractivity contribution in [2.75, 3.05) is 17.1 Å². The maximum Gasteiger partial charge on any atom is 0.343 e. The van der Waals surface area contributed by atoms with E-state index in [0.29, 0.717) is 28.3 Å². The van der Waals surface area contributed by atoms with E-state index in [1.165, 1.54) is 12.0 Å². The molecule has 2 amide bonds. The molecule has 2 aliphatic rings. The van der Waals surface area contributed by atoms with Crippen LogP contribution >= 0.6 is 0 Å². The highest BCUT2D eigenvalue weighted by Crippen LogP contribution is 2.49. The smallest absolute Gasteiger partial charge is 0.343 e. The monoisotopic (exact) mass is 570 g/mol. The van der Waals surface area contributed by atoms with Crippen LogP contribution in [0.1, 0.15) is 22.0 Å². The second-order valence-electron chi connectivity index (χ2n) is 10.3. The van der Waals surface area contributed by atoms with E-state index in [-0.39, 0.29) is 11.7 Å². The minimum absolute atomic E-state index is 0.230. The average Bonchev–Trinajstić information content (AvgIpc) is 3.57. The van der Waals surface area contributed by atoms with E-state index in [2.05, 4.69) is 0 Å². The van der Waals surface area contributed by atoms with Crippen molar-refractivity contribution in [3.63, 3.8) is 0 Å². The molecule has 8 nitrogen and oxygen atoms in total. The summed E-state index contributed by atoms with van der Waals surface area (Å²) >= 11 is 0. The Bertz CT molecular complexity index is 1850. The number of amides is 2. The van der Waals surface area contributed by atoms with Crippen molar-refractivity contribution in [3.05, 3.63) is 132 Å². The van der Waals surface area contributed by atoms with Gasteiger partial charge in [0.1, 0.15) is 5.92 Å². The lowest BCUT2D eigenvalue weighted by molar-refractivity contribution is -0.126. The third-order valence-electron chi connectivity index (χ3n) is 7.87. The number of hydrogen-bond acceptors (Lipinski definition) is 7. The molecule has 2 saturated heterocycles. The van der Waals surface area contributed by atoms with Gasteiger partial charge in [0.2, 0.25) is 5.91 Å². The van der Waals surface area contributed by atoms with Crippen LogP contribution in [0, 0.1) is 5.92 Å². The lowest BCUT2D eigenvalue weighted by Gasteiger charge is -2.29. The molecule has 43 heavy (non-hydrogen) atoms. The molecule has 7 rings (SSSR count). The summed E-state index contributed by atoms with van der Waals surface area (Å²) in [4.78, 5) is 48.4. The number of rotatable bonds is 6. The molecule has 2 fully saturated rings. The summed E-state index contributed by atoms with van der Waals surface area (Å²) < 4.78 is 11.3. The maximum atomic E-state index is 14.2. The normalized spacial score (nSPS) is 19.5. The first-order valence-electron chi connectivity index (χ1n) is 13.9. The molecule has 0 aromatic heterocycles. The number of carbonyl (C=O) groups excluding carboxylic acids is 3. The van der Waals surface area contributed by atoms with Gasteiger partial charge in [-0.15, -0.1) is 0 Å². The summed E-state index contributed by atoms with van der Waals surface area (Å²) in [6.45, 7) is 0. The highest BCUT2D eigenvalue weighted by Gasteiger charge is 2.60. The van der Waals surface area contributed by atoms with Gasteiger partial charge >= 0.3 is 5.97 Å². The van der Waals surface area contributed by atoms with Crippen molar-refractivity contribution in [3.8, 4) is 11.5 Å². The minimum Gasteiger partial charge on any atom is -0.493 e. The quantitative estimate of drug-likeness (QED) is 0.138. The molecule has 0 N–H and O–H groups in total. The predicted octanol–water partition coefficient (Wildman–Crippen LogP) is 6.12. The molecule has 0 radical (unpaired) electrons. The molecule has 0 bridgehead atoms. The first kappa shape index (κ1) is 26.4. The minimum atomic E-state index is -1.03. The number of hydrogen-bond donors (Lipinski definition) is 0. The number of fused-ring (bicyclic) bond motifs is 2. The van der Waals surface area contributed by atoms with Crippen molar-refractivity contribution in [2.45, 2.75) is 12.1 Å². The Kier molecular flexibility index (Phi) is 6.60. The first-order valence-corrected chi connectivity index (χ1v) is 13.9. The van der Waals surface area contributed by atoms with Crippen molar-refractivity contribution < 1.29 is 28.7 Å². The number of methoxy groups -OCH3 is 1. The van der Waals surface area contributed by atoms with Gasteiger partial charge in [-0.3, -0.25) is 14.4 Å². The number of carbonyl (C=O) groups is 3. The molecule has 0 aliphatic carbocycles. The van der Waals surface area contributed by atoms with Crippen LogP contribution in [0.4, 0.5) is 11.4 Å². The average molecular weight is 571 g/mol. The molecule has 0 unspecified atom stereocenters. The molecular weight excluding hydrogens is 544 g/mol. The van der Waals surface area contributed by atoms with Crippen LogP contribution in [-0.4, -0.2) is 31.0 Å². The third-order valence-corrected chi connectivity index (χ3v) is 7.87. The molecule has 3 atom stereocenters. The SMILES string of the molecule is COc1cc([C@H]2[C@@H]3C(=O)N(c4cccc5ccccc45)C(=O)[C@H]3ON2c2ccccc2)ccc1OC(=O)c1ccccc1. The summed E-state index contributed by atoms with van der Waals surface area (Å²) in [5, 5.41) is 3.34. The fourth-order valence-corrected chi connectivity index (χ4v) is 5.88. The topological polar surface area (TPSA) is 85.4 Å². The van der Waals surface area contributed by atoms with Gasteiger partial charge in [0.25, 0.3) is 5.91 Å². The fraction of sp³-hybridized carbons (Fsp3) is 0.114. The fourth-order valence-electron chi connectivity index (χ4n) is 5.88. The summed E-state index contributed by atoms with van der Waals surface area (Å²) in [5.41, 5.74) is 2.28. The van der Waals surface area contributed by atoms with Gasteiger partial charge in [-0.1, -0.05) is 78.9 Å². The number of ether oxygens (including phenoxy) is 2. The first-order chi connectivity index (χ1) is 21.0. The van der Waals surface area contributed by atoms with Crippen LogP contribution in [0.25, 0.3) is 10.8 Å². The number of para-hydroxylation sites is 1. The largest absolute Gasteiger partial charge is 0.493 e. The van der Waals surface area contributed by atoms with E-state index in [1.54, 1.807) is 53.6 Å². The number of esters is 1. The van der Waals surface area contributed by atoms with E-state index in [1.807, 2.05) is 72.8 Å². The second kappa shape index (κ2) is 10.7. The van der Waals surface area contributed by atoms with Gasteiger partial charge in [-0.2, -0.15) is 0 Å². The number of hydroxylamine groups is 1. The highest BCUT2D eigenvalue weighted by atomic mass is 16.7. The van der Waals surface area contributed by atoms with Crippen LogP contribution < -0.4 is 19.4 Å². The maximum absolute atomic E-state index is 14.2. The van der Waals surface area contributed by atoms with Gasteiger partial charge in [-0.05, 0) is 53.4 Å². The van der Waals surface area contributed by atoms with E-state index in [9.17, 15) is 14.4 Å². The Balaban J connectivity index is 1.28. The number of anilines is 2. The predicted molar refractivity (Wildman–Crippen MR) is 161 cm³/mol. The molecule has 2 heterocycles. The summed E-state index contributed by atoms with van der Waals surface area (Å²) in [5.74, 6) is -1.60. The molecule has 5 aromatic rings. The van der Waals surface area contributed by atoms with Gasteiger partial charge in [0.15, 0.2) is 17.6 Å². The summed E-state index contributed by atoms with van der Waals surface area (Å²) in [6, 6.07) is 35.6. The zero-order chi connectivity index (χ0) is 29.5. The lowest BCUT2D eigenvalue weighted by Crippen LogP contribution is -2.37. The Morgan fingerprint density at radius 1 is 0.744 bits per heavy atom.